The Kier molecular flexibility index (Phi) is 5.67. The lowest BCUT2D eigenvalue weighted by Crippen LogP contribution is -2.43. The predicted molar refractivity (Wildman–Crippen MR) is 96.7 cm³/mol. The number of halogens is 1. The maximum Gasteiger partial charge on any atom is 0.321 e. The minimum Gasteiger partial charge on any atom is -0.335 e. The molecule has 1 fully saturated rings. The molecule has 7 nitrogen and oxygen atoms in total. The fourth-order valence-electron chi connectivity index (χ4n) is 2.01. The number of rotatable bonds is 6. The standard InChI is InChI=1S/C17H18FN5O2S/c1-10(15(24)21-16(25)19-13-7-8-13)26-17-20-14(22-23-17)9-4-11-2-5-12(18)6-3-11/h2-6,9-10,13H,7-8H2,1H3,(H,20,22,23)(H2,19,21,24,25)/b9-4+. The number of urea groups is 1. The third-order valence-corrected chi connectivity index (χ3v) is 4.55. The third kappa shape index (κ3) is 5.41. The minimum atomic E-state index is -0.523. The van der Waals surface area contributed by atoms with Gasteiger partial charge in [-0.2, -0.15) is 0 Å². The van der Waals surface area contributed by atoms with E-state index in [9.17, 15) is 14.0 Å². The van der Waals surface area contributed by atoms with Gasteiger partial charge in [0.2, 0.25) is 11.1 Å². The summed E-state index contributed by atoms with van der Waals surface area (Å²) in [6, 6.07) is 5.77. The zero-order valence-corrected chi connectivity index (χ0v) is 14.8. The number of hydrogen-bond acceptors (Lipinski definition) is 5. The molecule has 3 amide bonds. The highest BCUT2D eigenvalue weighted by Gasteiger charge is 2.25. The van der Waals surface area contributed by atoms with E-state index in [0.29, 0.717) is 11.0 Å². The number of hydrogen-bond donors (Lipinski definition) is 3. The molecule has 1 aromatic heterocycles. The molecular formula is C17H18FN5O2S. The van der Waals surface area contributed by atoms with E-state index in [1.165, 1.54) is 12.1 Å². The van der Waals surface area contributed by atoms with E-state index in [4.69, 9.17) is 0 Å². The van der Waals surface area contributed by atoms with Crippen molar-refractivity contribution in [3.8, 4) is 0 Å². The first-order valence-electron chi connectivity index (χ1n) is 8.13. The highest BCUT2D eigenvalue weighted by molar-refractivity contribution is 8.00. The van der Waals surface area contributed by atoms with Crippen LogP contribution in [0.1, 0.15) is 31.2 Å². The molecule has 9 heteroatoms. The zero-order valence-electron chi connectivity index (χ0n) is 14.0. The van der Waals surface area contributed by atoms with Gasteiger partial charge in [0.25, 0.3) is 0 Å². The largest absolute Gasteiger partial charge is 0.335 e. The molecule has 136 valence electrons. The van der Waals surface area contributed by atoms with Crippen LogP contribution < -0.4 is 10.6 Å². The van der Waals surface area contributed by atoms with E-state index in [2.05, 4.69) is 25.8 Å². The molecule has 1 atom stereocenters. The second-order valence-electron chi connectivity index (χ2n) is 5.89. The summed E-state index contributed by atoms with van der Waals surface area (Å²) in [6.45, 7) is 1.68. The number of benzene rings is 1. The van der Waals surface area contributed by atoms with Crippen LogP contribution in [0.5, 0.6) is 0 Å². The summed E-state index contributed by atoms with van der Waals surface area (Å²) in [4.78, 5) is 27.8. The van der Waals surface area contributed by atoms with Gasteiger partial charge in [-0.25, -0.2) is 14.2 Å². The summed E-state index contributed by atoms with van der Waals surface area (Å²) in [5, 5.41) is 11.7. The first-order chi connectivity index (χ1) is 12.5. The van der Waals surface area contributed by atoms with Crippen molar-refractivity contribution in [3.63, 3.8) is 0 Å². The van der Waals surface area contributed by atoms with Gasteiger partial charge in [0.15, 0.2) is 0 Å². The Hall–Kier alpha value is -2.68. The van der Waals surface area contributed by atoms with Gasteiger partial charge < -0.3 is 5.32 Å². The molecule has 26 heavy (non-hydrogen) atoms. The highest BCUT2D eigenvalue weighted by atomic mass is 32.2. The van der Waals surface area contributed by atoms with E-state index in [1.807, 2.05) is 0 Å². The quantitative estimate of drug-likeness (QED) is 0.674. The number of aromatic amines is 1. The maximum atomic E-state index is 12.9. The van der Waals surface area contributed by atoms with E-state index in [-0.39, 0.29) is 11.9 Å². The van der Waals surface area contributed by atoms with Crippen molar-refractivity contribution in [1.29, 1.82) is 0 Å². The summed E-state index contributed by atoms with van der Waals surface area (Å²) < 4.78 is 12.9. The number of nitrogens with zero attached hydrogens (tertiary/aromatic N) is 2. The topological polar surface area (TPSA) is 99.8 Å². The Morgan fingerprint density at radius 2 is 2.04 bits per heavy atom. The van der Waals surface area contributed by atoms with Crippen LogP contribution in [0, 0.1) is 5.82 Å². The Morgan fingerprint density at radius 3 is 2.73 bits per heavy atom. The van der Waals surface area contributed by atoms with Gasteiger partial charge in [-0.1, -0.05) is 30.0 Å². The number of carbonyl (C=O) groups is 2. The number of H-pyrrole nitrogens is 1. The molecule has 2 aromatic rings. The number of thioether (sulfide) groups is 1. The van der Waals surface area contributed by atoms with Crippen LogP contribution in [-0.2, 0) is 4.79 Å². The smallest absolute Gasteiger partial charge is 0.321 e. The lowest BCUT2D eigenvalue weighted by Gasteiger charge is -2.09. The monoisotopic (exact) mass is 375 g/mol. The fraction of sp³-hybridized carbons (Fsp3) is 0.294. The van der Waals surface area contributed by atoms with E-state index in [1.54, 1.807) is 31.2 Å². The molecule has 3 rings (SSSR count). The number of imide groups is 1. The van der Waals surface area contributed by atoms with Crippen LogP contribution in [0.2, 0.25) is 0 Å². The molecular weight excluding hydrogens is 357 g/mol. The van der Waals surface area contributed by atoms with Crippen LogP contribution >= 0.6 is 11.8 Å². The molecule has 0 saturated heterocycles. The molecule has 1 unspecified atom stereocenters. The van der Waals surface area contributed by atoms with Gasteiger partial charge in [-0.3, -0.25) is 15.2 Å². The predicted octanol–water partition coefficient (Wildman–Crippen LogP) is 2.58. The average molecular weight is 375 g/mol. The lowest BCUT2D eigenvalue weighted by molar-refractivity contribution is -0.119. The molecule has 1 aliphatic carbocycles. The summed E-state index contributed by atoms with van der Waals surface area (Å²) >= 11 is 1.14. The number of carbonyl (C=O) groups excluding carboxylic acids is 2. The molecule has 0 aliphatic heterocycles. The summed E-state index contributed by atoms with van der Waals surface area (Å²) in [5.74, 6) is -0.184. The Balaban J connectivity index is 1.51. The number of nitrogens with one attached hydrogen (secondary N) is 3. The van der Waals surface area contributed by atoms with Gasteiger partial charge in [0.05, 0.1) is 5.25 Å². The Labute approximate surface area is 153 Å². The Bertz CT molecular complexity index is 817. The molecule has 3 N–H and O–H groups in total. The van der Waals surface area contributed by atoms with E-state index >= 15 is 0 Å². The van der Waals surface area contributed by atoms with Gasteiger partial charge >= 0.3 is 6.03 Å². The Morgan fingerprint density at radius 1 is 1.31 bits per heavy atom. The lowest BCUT2D eigenvalue weighted by atomic mass is 10.2. The van der Waals surface area contributed by atoms with Crippen molar-refractivity contribution in [2.75, 3.05) is 0 Å². The second-order valence-corrected chi connectivity index (χ2v) is 7.19. The number of aromatic nitrogens is 3. The molecule has 1 aromatic carbocycles. The average Bonchev–Trinajstić information content (AvgIpc) is 3.30. The third-order valence-electron chi connectivity index (χ3n) is 3.59. The molecule has 1 aliphatic rings. The van der Waals surface area contributed by atoms with Crippen LogP contribution in [0.3, 0.4) is 0 Å². The molecule has 0 radical (unpaired) electrons. The summed E-state index contributed by atoms with van der Waals surface area (Å²) in [7, 11) is 0. The molecule has 0 bridgehead atoms. The van der Waals surface area contributed by atoms with Gasteiger partial charge in [-0.05, 0) is 43.5 Å². The van der Waals surface area contributed by atoms with Crippen LogP contribution in [0.25, 0.3) is 12.2 Å². The van der Waals surface area contributed by atoms with Crippen molar-refractivity contribution in [2.24, 2.45) is 0 Å². The fourth-order valence-corrected chi connectivity index (χ4v) is 2.74. The first-order valence-corrected chi connectivity index (χ1v) is 9.01. The molecule has 0 spiro atoms. The molecule has 1 heterocycles. The molecule has 1 saturated carbocycles. The SMILES string of the molecule is CC(Sc1n[nH]c(/C=C/c2ccc(F)cc2)n1)C(=O)NC(=O)NC1CC1. The van der Waals surface area contributed by atoms with Crippen molar-refractivity contribution in [1.82, 2.24) is 25.8 Å². The number of amides is 3. The normalized spacial score (nSPS) is 15.0. The minimum absolute atomic E-state index is 0.189. The maximum absolute atomic E-state index is 12.9. The summed E-state index contributed by atoms with van der Waals surface area (Å²) in [6.07, 6.45) is 5.39. The van der Waals surface area contributed by atoms with Crippen molar-refractivity contribution >= 4 is 35.9 Å². The van der Waals surface area contributed by atoms with Gasteiger partial charge in [0.1, 0.15) is 11.6 Å². The second kappa shape index (κ2) is 8.13. The van der Waals surface area contributed by atoms with E-state index in [0.717, 1.165) is 30.2 Å². The summed E-state index contributed by atoms with van der Waals surface area (Å²) in [5.41, 5.74) is 0.825. The van der Waals surface area contributed by atoms with Gasteiger partial charge in [0, 0.05) is 6.04 Å². The van der Waals surface area contributed by atoms with Crippen LogP contribution in [0.15, 0.2) is 29.4 Å². The van der Waals surface area contributed by atoms with Gasteiger partial charge in [-0.15, -0.1) is 5.10 Å². The van der Waals surface area contributed by atoms with Crippen LogP contribution in [0.4, 0.5) is 9.18 Å². The highest BCUT2D eigenvalue weighted by Crippen LogP contribution is 2.20. The van der Waals surface area contributed by atoms with Crippen LogP contribution in [-0.4, -0.2) is 38.4 Å². The van der Waals surface area contributed by atoms with Crippen molar-refractivity contribution < 1.29 is 14.0 Å². The van der Waals surface area contributed by atoms with Crippen molar-refractivity contribution in [2.45, 2.75) is 36.2 Å². The zero-order chi connectivity index (χ0) is 18.5. The van der Waals surface area contributed by atoms with E-state index < -0.39 is 17.2 Å². The first kappa shape index (κ1) is 18.1. The van der Waals surface area contributed by atoms with Crippen molar-refractivity contribution in [3.05, 3.63) is 41.5 Å².